The molecule has 1 heterocycles. The molecule has 2 nitrogen and oxygen atoms in total. The lowest BCUT2D eigenvalue weighted by Gasteiger charge is -2.07. The predicted molar refractivity (Wildman–Crippen MR) is 103 cm³/mol. The largest absolute Gasteiger partial charge is 0.494 e. The summed E-state index contributed by atoms with van der Waals surface area (Å²) in [7, 11) is 0. The van der Waals surface area contributed by atoms with E-state index in [1.54, 1.807) is 11.3 Å². The maximum atomic E-state index is 5.88. The summed E-state index contributed by atoms with van der Waals surface area (Å²) in [5, 5.41) is 5.93. The fraction of sp³-hybridized carbons (Fsp3) is 0.381. The van der Waals surface area contributed by atoms with Gasteiger partial charge in [-0.3, -0.25) is 0 Å². The van der Waals surface area contributed by atoms with E-state index in [9.17, 15) is 0 Å². The standard InChI is InChI=1S/C21H25NOS/c1-17-16-24-21(22-17)11-5-3-2-4-8-14-23-20-13-12-18-9-6-7-10-19(18)15-20/h6-7,9-10,12-13,15-16H,2-5,8,11,14H2,1H3. The van der Waals surface area contributed by atoms with Crippen molar-refractivity contribution in [3.8, 4) is 5.75 Å². The zero-order valence-corrected chi connectivity index (χ0v) is 15.1. The predicted octanol–water partition coefficient (Wildman–Crippen LogP) is 6.18. The lowest BCUT2D eigenvalue weighted by atomic mass is 10.1. The van der Waals surface area contributed by atoms with Crippen molar-refractivity contribution in [3.63, 3.8) is 0 Å². The molecule has 0 saturated carbocycles. The number of rotatable bonds is 9. The van der Waals surface area contributed by atoms with Crippen molar-refractivity contribution in [2.24, 2.45) is 0 Å². The number of hydrogen-bond donors (Lipinski definition) is 0. The number of hydrogen-bond acceptors (Lipinski definition) is 3. The third-order valence-electron chi connectivity index (χ3n) is 4.19. The van der Waals surface area contributed by atoms with Gasteiger partial charge in [0.25, 0.3) is 0 Å². The van der Waals surface area contributed by atoms with E-state index >= 15 is 0 Å². The minimum Gasteiger partial charge on any atom is -0.494 e. The molecule has 0 radical (unpaired) electrons. The van der Waals surface area contributed by atoms with Crippen LogP contribution in [0, 0.1) is 6.92 Å². The fourth-order valence-electron chi connectivity index (χ4n) is 2.87. The summed E-state index contributed by atoms with van der Waals surface area (Å²) in [6.07, 6.45) is 7.32. The quantitative estimate of drug-likeness (QED) is 0.434. The highest BCUT2D eigenvalue weighted by atomic mass is 32.1. The third kappa shape index (κ3) is 5.07. The van der Waals surface area contributed by atoms with Crippen LogP contribution >= 0.6 is 11.3 Å². The van der Waals surface area contributed by atoms with Gasteiger partial charge in [-0.05, 0) is 49.1 Å². The summed E-state index contributed by atoms with van der Waals surface area (Å²) in [5.74, 6) is 0.979. The molecule has 0 atom stereocenters. The van der Waals surface area contributed by atoms with Crippen LogP contribution in [0.4, 0.5) is 0 Å². The monoisotopic (exact) mass is 339 g/mol. The molecule has 3 heteroatoms. The number of ether oxygens (including phenoxy) is 1. The molecule has 0 amide bonds. The Balaban J connectivity index is 1.28. The van der Waals surface area contributed by atoms with E-state index in [4.69, 9.17) is 4.74 Å². The number of nitrogens with zero attached hydrogens (tertiary/aromatic N) is 1. The number of benzene rings is 2. The Morgan fingerprint density at radius 1 is 0.917 bits per heavy atom. The van der Waals surface area contributed by atoms with E-state index < -0.39 is 0 Å². The molecule has 24 heavy (non-hydrogen) atoms. The van der Waals surface area contributed by atoms with E-state index in [1.165, 1.54) is 41.5 Å². The highest BCUT2D eigenvalue weighted by Crippen LogP contribution is 2.21. The molecule has 0 fully saturated rings. The van der Waals surface area contributed by atoms with Gasteiger partial charge < -0.3 is 4.74 Å². The second-order valence-electron chi connectivity index (χ2n) is 6.26. The number of aromatic nitrogens is 1. The van der Waals surface area contributed by atoms with Crippen molar-refractivity contribution >= 4 is 22.1 Å². The molecule has 0 bridgehead atoms. The van der Waals surface area contributed by atoms with Crippen LogP contribution < -0.4 is 4.74 Å². The molecule has 0 saturated heterocycles. The first kappa shape index (κ1) is 17.0. The lowest BCUT2D eigenvalue weighted by Crippen LogP contribution is -1.97. The molecule has 0 unspecified atom stereocenters. The molecule has 1 aromatic heterocycles. The molecule has 2 aromatic carbocycles. The van der Waals surface area contributed by atoms with E-state index in [2.05, 4.69) is 59.8 Å². The molecule has 3 aromatic rings. The van der Waals surface area contributed by atoms with Crippen molar-refractivity contribution in [2.45, 2.75) is 45.4 Å². The van der Waals surface area contributed by atoms with Crippen LogP contribution in [0.3, 0.4) is 0 Å². The molecule has 126 valence electrons. The molecule has 3 rings (SSSR count). The van der Waals surface area contributed by atoms with Crippen LogP contribution in [0.5, 0.6) is 5.75 Å². The van der Waals surface area contributed by atoms with Crippen LogP contribution in [-0.2, 0) is 6.42 Å². The first-order chi connectivity index (χ1) is 11.8. The molecular weight excluding hydrogens is 314 g/mol. The minimum absolute atomic E-state index is 0.810. The molecular formula is C21H25NOS. The Kier molecular flexibility index (Phi) is 6.25. The normalized spacial score (nSPS) is 11.0. The SMILES string of the molecule is Cc1csc(CCCCCCCOc2ccc3ccccc3c2)n1. The van der Waals surface area contributed by atoms with Gasteiger partial charge in [0, 0.05) is 11.1 Å². The average molecular weight is 340 g/mol. The average Bonchev–Trinajstić information content (AvgIpc) is 3.02. The summed E-state index contributed by atoms with van der Waals surface area (Å²) < 4.78 is 5.88. The van der Waals surface area contributed by atoms with Gasteiger partial charge in [0.15, 0.2) is 0 Å². The summed E-state index contributed by atoms with van der Waals surface area (Å²) in [5.41, 5.74) is 1.15. The fourth-order valence-corrected chi connectivity index (χ4v) is 3.69. The van der Waals surface area contributed by atoms with Gasteiger partial charge in [-0.25, -0.2) is 4.98 Å². The van der Waals surface area contributed by atoms with Gasteiger partial charge in [-0.15, -0.1) is 11.3 Å². The highest BCUT2D eigenvalue weighted by Gasteiger charge is 1.99. The van der Waals surface area contributed by atoms with Crippen LogP contribution in [0.2, 0.25) is 0 Å². The van der Waals surface area contributed by atoms with Gasteiger partial charge in [0.1, 0.15) is 5.75 Å². The second kappa shape index (κ2) is 8.84. The van der Waals surface area contributed by atoms with Crippen LogP contribution in [0.15, 0.2) is 47.8 Å². The molecule has 0 aliphatic heterocycles. The van der Waals surface area contributed by atoms with Gasteiger partial charge in [0.2, 0.25) is 0 Å². The summed E-state index contributed by atoms with van der Waals surface area (Å²) in [6, 6.07) is 14.7. The zero-order chi connectivity index (χ0) is 16.6. The van der Waals surface area contributed by atoms with Crippen molar-refractivity contribution in [2.75, 3.05) is 6.61 Å². The highest BCUT2D eigenvalue weighted by molar-refractivity contribution is 7.09. The van der Waals surface area contributed by atoms with E-state index in [0.717, 1.165) is 30.9 Å². The van der Waals surface area contributed by atoms with Gasteiger partial charge in [-0.1, -0.05) is 49.6 Å². The minimum atomic E-state index is 0.810. The Morgan fingerprint density at radius 3 is 2.54 bits per heavy atom. The number of unbranched alkanes of at least 4 members (excludes halogenated alkanes) is 4. The van der Waals surface area contributed by atoms with Gasteiger partial charge >= 0.3 is 0 Å². The Hall–Kier alpha value is -1.87. The molecule has 0 spiro atoms. The molecule has 0 N–H and O–H groups in total. The van der Waals surface area contributed by atoms with Crippen LogP contribution in [0.1, 0.15) is 42.8 Å². The first-order valence-electron chi connectivity index (χ1n) is 8.84. The smallest absolute Gasteiger partial charge is 0.119 e. The maximum absolute atomic E-state index is 5.88. The van der Waals surface area contributed by atoms with Crippen molar-refractivity contribution in [1.82, 2.24) is 4.98 Å². The van der Waals surface area contributed by atoms with Gasteiger partial charge in [-0.2, -0.15) is 0 Å². The van der Waals surface area contributed by atoms with Crippen LogP contribution in [-0.4, -0.2) is 11.6 Å². The van der Waals surface area contributed by atoms with Crippen LogP contribution in [0.25, 0.3) is 10.8 Å². The topological polar surface area (TPSA) is 22.1 Å². The maximum Gasteiger partial charge on any atom is 0.119 e. The first-order valence-corrected chi connectivity index (χ1v) is 9.72. The van der Waals surface area contributed by atoms with E-state index in [1.807, 2.05) is 0 Å². The Bertz CT molecular complexity index is 765. The second-order valence-corrected chi connectivity index (χ2v) is 7.20. The summed E-state index contributed by atoms with van der Waals surface area (Å²) in [6.45, 7) is 2.87. The number of thiazole rings is 1. The number of fused-ring (bicyclic) bond motifs is 1. The summed E-state index contributed by atoms with van der Waals surface area (Å²) >= 11 is 1.79. The van der Waals surface area contributed by atoms with Gasteiger partial charge in [0.05, 0.1) is 11.6 Å². The Labute approximate surface area is 148 Å². The third-order valence-corrected chi connectivity index (χ3v) is 5.22. The summed E-state index contributed by atoms with van der Waals surface area (Å²) in [4.78, 5) is 4.51. The molecule has 0 aliphatic rings. The van der Waals surface area contributed by atoms with E-state index in [-0.39, 0.29) is 0 Å². The van der Waals surface area contributed by atoms with Crippen molar-refractivity contribution < 1.29 is 4.74 Å². The lowest BCUT2D eigenvalue weighted by molar-refractivity contribution is 0.305. The van der Waals surface area contributed by atoms with Crippen molar-refractivity contribution in [3.05, 3.63) is 58.5 Å². The van der Waals surface area contributed by atoms with Crippen molar-refractivity contribution in [1.29, 1.82) is 0 Å². The zero-order valence-electron chi connectivity index (χ0n) is 14.3. The number of aryl methyl sites for hydroxylation is 2. The van der Waals surface area contributed by atoms with E-state index in [0.29, 0.717) is 0 Å². The Morgan fingerprint density at radius 2 is 1.71 bits per heavy atom. The molecule has 0 aliphatic carbocycles.